The third-order valence-corrected chi connectivity index (χ3v) is 7.01. The zero-order valence-corrected chi connectivity index (χ0v) is 26.8. The molecule has 41 heavy (non-hydrogen) atoms. The predicted octanol–water partition coefficient (Wildman–Crippen LogP) is 7.92. The van der Waals surface area contributed by atoms with Gasteiger partial charge in [-0.15, -0.1) is 0 Å². The van der Waals surface area contributed by atoms with Crippen LogP contribution in [0.4, 0.5) is 10.5 Å². The molecular weight excluding hydrogens is 538 g/mol. The summed E-state index contributed by atoms with van der Waals surface area (Å²) >= 11 is 6.47. The summed E-state index contributed by atoms with van der Waals surface area (Å²) < 4.78 is 5.50. The van der Waals surface area contributed by atoms with Crippen molar-refractivity contribution in [1.82, 2.24) is 10.2 Å². The lowest BCUT2D eigenvalue weighted by Gasteiger charge is -2.39. The van der Waals surface area contributed by atoms with E-state index in [-0.39, 0.29) is 23.8 Å². The van der Waals surface area contributed by atoms with Crippen LogP contribution in [0.15, 0.2) is 48.5 Å². The minimum Gasteiger partial charge on any atom is -0.444 e. The van der Waals surface area contributed by atoms with Crippen molar-refractivity contribution >= 4 is 35.2 Å². The lowest BCUT2D eigenvalue weighted by atomic mass is 9.95. The maximum Gasteiger partial charge on any atom is 0.408 e. The van der Waals surface area contributed by atoms with Gasteiger partial charge in [0, 0.05) is 6.04 Å². The molecule has 0 heterocycles. The van der Waals surface area contributed by atoms with E-state index in [1.165, 1.54) is 0 Å². The van der Waals surface area contributed by atoms with Gasteiger partial charge in [0.1, 0.15) is 17.7 Å². The van der Waals surface area contributed by atoms with Gasteiger partial charge in [0.2, 0.25) is 5.91 Å². The van der Waals surface area contributed by atoms with Gasteiger partial charge in [-0.3, -0.25) is 9.59 Å². The van der Waals surface area contributed by atoms with Gasteiger partial charge in [0.05, 0.1) is 10.7 Å². The summed E-state index contributed by atoms with van der Waals surface area (Å²) in [6.45, 7) is 17.4. The van der Waals surface area contributed by atoms with Gasteiger partial charge in [-0.25, -0.2) is 4.79 Å². The van der Waals surface area contributed by atoms with E-state index in [2.05, 4.69) is 24.5 Å². The average molecular weight is 586 g/mol. The molecule has 226 valence electrons. The van der Waals surface area contributed by atoms with E-state index in [1.807, 2.05) is 70.2 Å². The number of aryl methyl sites for hydroxylation is 1. The highest BCUT2D eigenvalue weighted by molar-refractivity contribution is 6.34. The van der Waals surface area contributed by atoms with Crippen molar-refractivity contribution in [3.63, 3.8) is 0 Å². The Morgan fingerprint density at radius 2 is 1.54 bits per heavy atom. The van der Waals surface area contributed by atoms with Crippen molar-refractivity contribution in [2.45, 2.75) is 105 Å². The molecule has 3 amide bonds. The first kappa shape index (κ1) is 34.1. The van der Waals surface area contributed by atoms with Crippen LogP contribution in [0.5, 0.6) is 0 Å². The first-order valence-corrected chi connectivity index (χ1v) is 14.9. The first-order chi connectivity index (χ1) is 19.1. The third-order valence-electron chi connectivity index (χ3n) is 6.70. The summed E-state index contributed by atoms with van der Waals surface area (Å²) in [6.07, 6.45) is 1.27. The van der Waals surface area contributed by atoms with Crippen molar-refractivity contribution in [2.24, 2.45) is 11.8 Å². The smallest absolute Gasteiger partial charge is 0.408 e. The van der Waals surface area contributed by atoms with Gasteiger partial charge in [-0.05, 0) is 82.9 Å². The van der Waals surface area contributed by atoms with Crippen LogP contribution in [0.3, 0.4) is 0 Å². The van der Waals surface area contributed by atoms with Crippen LogP contribution in [-0.2, 0) is 14.3 Å². The maximum absolute atomic E-state index is 14.5. The molecular formula is C33H48ClN3O4. The van der Waals surface area contributed by atoms with Gasteiger partial charge in [0.15, 0.2) is 0 Å². The lowest BCUT2D eigenvalue weighted by Crippen LogP contribution is -2.55. The van der Waals surface area contributed by atoms with E-state index in [0.29, 0.717) is 35.0 Å². The molecule has 0 radical (unpaired) electrons. The number of benzene rings is 2. The largest absolute Gasteiger partial charge is 0.444 e. The number of rotatable bonds is 12. The number of ether oxygens (including phenoxy) is 1. The molecule has 3 atom stereocenters. The van der Waals surface area contributed by atoms with Crippen molar-refractivity contribution in [3.8, 4) is 0 Å². The molecule has 0 aliphatic rings. The molecule has 0 aliphatic carbocycles. The van der Waals surface area contributed by atoms with E-state index in [1.54, 1.807) is 31.7 Å². The number of para-hydroxylation sites is 1. The van der Waals surface area contributed by atoms with Crippen LogP contribution in [0.1, 0.15) is 91.8 Å². The highest BCUT2D eigenvalue weighted by atomic mass is 35.5. The number of halogens is 1. The molecule has 0 saturated heterocycles. The number of nitrogens with one attached hydrogen (secondary N) is 2. The third kappa shape index (κ3) is 10.7. The van der Waals surface area contributed by atoms with Gasteiger partial charge in [-0.1, -0.05) is 81.8 Å². The Labute approximate surface area is 251 Å². The van der Waals surface area contributed by atoms with Crippen LogP contribution >= 0.6 is 11.6 Å². The van der Waals surface area contributed by atoms with Crippen LogP contribution in [0, 0.1) is 18.8 Å². The van der Waals surface area contributed by atoms with Crippen molar-refractivity contribution in [3.05, 3.63) is 64.7 Å². The Balaban J connectivity index is 2.62. The zero-order chi connectivity index (χ0) is 30.9. The second-order valence-corrected chi connectivity index (χ2v) is 13.0. The standard InChI is InChI=1S/C33H48ClN3O4/c1-21(2)18-19-24(6)37(31(39)27(20-22(3)4)35-32(40)41-33(7,8)9)29(25-15-11-10-12-16-25)30(38)36-28-23(5)14-13-17-26(28)34/h10-17,21-22,24,27,29H,18-20H2,1-9H3,(H,35,40)(H,36,38). The van der Waals surface area contributed by atoms with Crippen molar-refractivity contribution in [1.29, 1.82) is 0 Å². The Kier molecular flexibility index (Phi) is 12.7. The van der Waals surface area contributed by atoms with E-state index < -0.39 is 23.8 Å². The normalized spacial score (nSPS) is 13.9. The summed E-state index contributed by atoms with van der Waals surface area (Å²) in [7, 11) is 0. The fourth-order valence-corrected chi connectivity index (χ4v) is 4.96. The zero-order valence-electron chi connectivity index (χ0n) is 26.1. The van der Waals surface area contributed by atoms with Crippen LogP contribution in [0.25, 0.3) is 0 Å². The van der Waals surface area contributed by atoms with Crippen LogP contribution < -0.4 is 10.6 Å². The highest BCUT2D eigenvalue weighted by Gasteiger charge is 2.39. The number of carbonyl (C=O) groups is 3. The Bertz CT molecular complexity index is 1140. The minimum absolute atomic E-state index is 0.0986. The molecule has 8 heteroatoms. The molecule has 0 aromatic heterocycles. The molecule has 2 aromatic carbocycles. The number of amides is 3. The predicted molar refractivity (Wildman–Crippen MR) is 167 cm³/mol. The monoisotopic (exact) mass is 585 g/mol. The summed E-state index contributed by atoms with van der Waals surface area (Å²) in [5, 5.41) is 6.24. The number of carbonyl (C=O) groups excluding carboxylic acids is 3. The van der Waals surface area contributed by atoms with Gasteiger partial charge < -0.3 is 20.3 Å². The summed E-state index contributed by atoms with van der Waals surface area (Å²) in [5.74, 6) is -0.199. The Hall–Kier alpha value is -3.06. The molecule has 0 fully saturated rings. The number of hydrogen-bond acceptors (Lipinski definition) is 4. The van der Waals surface area contributed by atoms with E-state index in [9.17, 15) is 14.4 Å². The second-order valence-electron chi connectivity index (χ2n) is 12.6. The van der Waals surface area contributed by atoms with Crippen molar-refractivity contribution in [2.75, 3.05) is 5.32 Å². The van der Waals surface area contributed by atoms with Gasteiger partial charge in [-0.2, -0.15) is 0 Å². The SMILES string of the molecule is Cc1cccc(Cl)c1NC(=O)C(c1ccccc1)N(C(=O)C(CC(C)C)NC(=O)OC(C)(C)C)C(C)CCC(C)C. The first-order valence-electron chi connectivity index (χ1n) is 14.5. The quantitative estimate of drug-likeness (QED) is 0.265. The summed E-state index contributed by atoms with van der Waals surface area (Å²) in [6, 6.07) is 12.5. The summed E-state index contributed by atoms with van der Waals surface area (Å²) in [5.41, 5.74) is 1.26. The number of hydrogen-bond donors (Lipinski definition) is 2. The topological polar surface area (TPSA) is 87.7 Å². The average Bonchev–Trinajstić information content (AvgIpc) is 2.86. The van der Waals surface area contributed by atoms with E-state index >= 15 is 0 Å². The second kappa shape index (κ2) is 15.2. The molecule has 0 bridgehead atoms. The molecule has 0 spiro atoms. The molecule has 0 aliphatic heterocycles. The number of anilines is 1. The Morgan fingerprint density at radius 3 is 2.07 bits per heavy atom. The Morgan fingerprint density at radius 1 is 0.902 bits per heavy atom. The molecule has 2 N–H and O–H groups in total. The molecule has 0 saturated carbocycles. The number of nitrogens with zero attached hydrogens (tertiary/aromatic N) is 1. The van der Waals surface area contributed by atoms with Crippen LogP contribution in [-0.4, -0.2) is 40.5 Å². The maximum atomic E-state index is 14.5. The molecule has 2 rings (SSSR count). The van der Waals surface area contributed by atoms with Crippen LogP contribution in [0.2, 0.25) is 5.02 Å². The fourth-order valence-electron chi connectivity index (χ4n) is 4.69. The summed E-state index contributed by atoms with van der Waals surface area (Å²) in [4.78, 5) is 43.2. The van der Waals surface area contributed by atoms with E-state index in [0.717, 1.165) is 12.0 Å². The minimum atomic E-state index is -0.961. The van der Waals surface area contributed by atoms with Gasteiger partial charge >= 0.3 is 6.09 Å². The van der Waals surface area contributed by atoms with Crippen molar-refractivity contribution < 1.29 is 19.1 Å². The number of alkyl carbamates (subject to hydrolysis) is 1. The molecule has 3 unspecified atom stereocenters. The van der Waals surface area contributed by atoms with Gasteiger partial charge in [0.25, 0.3) is 5.91 Å². The molecule has 2 aromatic rings. The molecule has 7 nitrogen and oxygen atoms in total. The highest BCUT2D eigenvalue weighted by Crippen LogP contribution is 2.32. The lowest BCUT2D eigenvalue weighted by molar-refractivity contribution is -0.144. The fraction of sp³-hybridized carbons (Fsp3) is 0.545. The van der Waals surface area contributed by atoms with E-state index in [4.69, 9.17) is 16.3 Å².